The minimum absolute atomic E-state index is 0.0729. The van der Waals surface area contributed by atoms with Gasteiger partial charge in [0.2, 0.25) is 0 Å². The van der Waals surface area contributed by atoms with Crippen molar-refractivity contribution in [3.63, 3.8) is 0 Å². The number of benzene rings is 2. The van der Waals surface area contributed by atoms with E-state index in [1.807, 2.05) is 0 Å². The van der Waals surface area contributed by atoms with Crippen molar-refractivity contribution in [1.29, 1.82) is 0 Å². The molecule has 1 fully saturated rings. The third-order valence-corrected chi connectivity index (χ3v) is 5.48. The summed E-state index contributed by atoms with van der Waals surface area (Å²) in [5.41, 5.74) is 0.822. The summed E-state index contributed by atoms with van der Waals surface area (Å²) in [5, 5.41) is 0.343. The lowest BCUT2D eigenvalue weighted by molar-refractivity contribution is 0.0793. The number of carbonyl (C=O) groups is 1. The smallest absolute Gasteiger partial charge is 0.261 e. The summed E-state index contributed by atoms with van der Waals surface area (Å²) in [6, 6.07) is 12.6. The Morgan fingerprint density at radius 3 is 2.46 bits per heavy atom. The molecule has 0 aromatic heterocycles. The van der Waals surface area contributed by atoms with Crippen molar-refractivity contribution in [3.05, 3.63) is 59.1 Å². The van der Waals surface area contributed by atoms with Crippen LogP contribution in [-0.2, 0) is 10.0 Å². The summed E-state index contributed by atoms with van der Waals surface area (Å²) in [6.07, 6.45) is 2.01. The zero-order valence-corrected chi connectivity index (χ0v) is 14.5. The molecule has 2 aromatic carbocycles. The van der Waals surface area contributed by atoms with Gasteiger partial charge in [0.25, 0.3) is 15.9 Å². The molecule has 2 aromatic rings. The van der Waals surface area contributed by atoms with E-state index < -0.39 is 10.0 Å². The number of carbonyl (C=O) groups excluding carboxylic acids is 1. The second-order valence-electron chi connectivity index (χ2n) is 5.64. The first-order chi connectivity index (χ1) is 11.5. The third-order valence-electron chi connectivity index (χ3n) is 3.86. The van der Waals surface area contributed by atoms with Crippen LogP contribution in [0, 0.1) is 0 Å². The van der Waals surface area contributed by atoms with Crippen LogP contribution in [0.3, 0.4) is 0 Å². The number of nitrogens with zero attached hydrogens (tertiary/aromatic N) is 1. The monoisotopic (exact) mass is 364 g/mol. The van der Waals surface area contributed by atoms with Crippen molar-refractivity contribution in [3.8, 4) is 0 Å². The van der Waals surface area contributed by atoms with Gasteiger partial charge in [-0.2, -0.15) is 0 Å². The van der Waals surface area contributed by atoms with Crippen LogP contribution < -0.4 is 4.72 Å². The Morgan fingerprint density at radius 2 is 1.75 bits per heavy atom. The molecule has 5 nitrogen and oxygen atoms in total. The van der Waals surface area contributed by atoms with Crippen molar-refractivity contribution in [2.75, 3.05) is 17.8 Å². The lowest BCUT2D eigenvalue weighted by Crippen LogP contribution is -2.27. The van der Waals surface area contributed by atoms with Gasteiger partial charge in [0.05, 0.1) is 4.90 Å². The SMILES string of the molecule is O=C(c1cccc(NS(=O)(=O)c2cccc(Cl)c2)c1)N1CCCC1. The average molecular weight is 365 g/mol. The van der Waals surface area contributed by atoms with Gasteiger partial charge in [0.1, 0.15) is 0 Å². The molecule has 7 heteroatoms. The van der Waals surface area contributed by atoms with Crippen LogP contribution in [0.2, 0.25) is 5.02 Å². The third kappa shape index (κ3) is 3.71. The summed E-state index contributed by atoms with van der Waals surface area (Å²) in [7, 11) is -3.76. The summed E-state index contributed by atoms with van der Waals surface area (Å²) in [4.78, 5) is 14.3. The Hall–Kier alpha value is -2.05. The molecule has 0 radical (unpaired) electrons. The Balaban J connectivity index is 1.83. The van der Waals surface area contributed by atoms with Crippen LogP contribution in [0.5, 0.6) is 0 Å². The van der Waals surface area contributed by atoms with Crippen LogP contribution in [-0.4, -0.2) is 32.3 Å². The molecule has 1 aliphatic heterocycles. The number of halogens is 1. The largest absolute Gasteiger partial charge is 0.339 e. The first kappa shape index (κ1) is 16.8. The molecule has 0 atom stereocenters. The number of hydrogen-bond donors (Lipinski definition) is 1. The minimum atomic E-state index is -3.76. The van der Waals surface area contributed by atoms with E-state index in [-0.39, 0.29) is 10.8 Å². The maximum absolute atomic E-state index is 12.4. The van der Waals surface area contributed by atoms with Gasteiger partial charge in [-0.3, -0.25) is 9.52 Å². The number of likely N-dealkylation sites (tertiary alicyclic amines) is 1. The first-order valence-corrected chi connectivity index (χ1v) is 9.49. The molecule has 24 heavy (non-hydrogen) atoms. The van der Waals surface area contributed by atoms with Gasteiger partial charge in [-0.25, -0.2) is 8.42 Å². The predicted octanol–water partition coefficient (Wildman–Crippen LogP) is 3.38. The normalized spacial score (nSPS) is 14.6. The zero-order chi connectivity index (χ0) is 17.2. The van der Waals surface area contributed by atoms with E-state index in [1.165, 1.54) is 12.1 Å². The average Bonchev–Trinajstić information content (AvgIpc) is 3.08. The Bertz CT molecular complexity index is 862. The van der Waals surface area contributed by atoms with E-state index in [9.17, 15) is 13.2 Å². The lowest BCUT2D eigenvalue weighted by Gasteiger charge is -2.16. The van der Waals surface area contributed by atoms with Crippen LogP contribution in [0.15, 0.2) is 53.4 Å². The molecule has 0 spiro atoms. The standard InChI is InChI=1S/C17H17ClN2O3S/c18-14-6-4-8-16(12-14)24(22,23)19-15-7-3-5-13(11-15)17(21)20-9-1-2-10-20/h3-8,11-12,19H,1-2,9-10H2. The quantitative estimate of drug-likeness (QED) is 0.904. The van der Waals surface area contributed by atoms with E-state index in [4.69, 9.17) is 11.6 Å². The van der Waals surface area contributed by atoms with Crippen LogP contribution in [0.1, 0.15) is 23.2 Å². The highest BCUT2D eigenvalue weighted by Crippen LogP contribution is 2.21. The van der Waals surface area contributed by atoms with E-state index in [2.05, 4.69) is 4.72 Å². The molecule has 0 unspecified atom stereocenters. The van der Waals surface area contributed by atoms with Crippen molar-refractivity contribution in [2.24, 2.45) is 0 Å². The number of nitrogens with one attached hydrogen (secondary N) is 1. The van der Waals surface area contributed by atoms with Gasteiger partial charge < -0.3 is 4.90 Å². The van der Waals surface area contributed by atoms with Crippen molar-refractivity contribution in [1.82, 2.24) is 4.90 Å². The molecule has 3 rings (SSSR count). The number of rotatable bonds is 4. The van der Waals surface area contributed by atoms with Gasteiger partial charge in [-0.15, -0.1) is 0 Å². The van der Waals surface area contributed by atoms with Gasteiger partial charge in [0, 0.05) is 29.4 Å². The zero-order valence-electron chi connectivity index (χ0n) is 12.9. The Morgan fingerprint density at radius 1 is 1.04 bits per heavy atom. The van der Waals surface area contributed by atoms with Gasteiger partial charge >= 0.3 is 0 Å². The molecule has 0 bridgehead atoms. The molecule has 126 valence electrons. The molecular formula is C17H17ClN2O3S. The number of amides is 1. The highest BCUT2D eigenvalue weighted by atomic mass is 35.5. The fraction of sp³-hybridized carbons (Fsp3) is 0.235. The number of hydrogen-bond acceptors (Lipinski definition) is 3. The molecular weight excluding hydrogens is 348 g/mol. The second-order valence-corrected chi connectivity index (χ2v) is 7.76. The van der Waals surface area contributed by atoms with Crippen LogP contribution in [0.4, 0.5) is 5.69 Å². The molecule has 1 aliphatic rings. The van der Waals surface area contributed by atoms with E-state index in [1.54, 1.807) is 41.3 Å². The molecule has 0 aliphatic carbocycles. The van der Waals surface area contributed by atoms with E-state index in [0.29, 0.717) is 16.3 Å². The number of sulfonamides is 1. The van der Waals surface area contributed by atoms with Gasteiger partial charge in [0.15, 0.2) is 0 Å². The Labute approximate surface area is 146 Å². The van der Waals surface area contributed by atoms with E-state index >= 15 is 0 Å². The minimum Gasteiger partial charge on any atom is -0.339 e. The lowest BCUT2D eigenvalue weighted by atomic mass is 10.2. The molecule has 1 amide bonds. The summed E-state index contributed by atoms with van der Waals surface area (Å²) in [5.74, 6) is -0.0729. The summed E-state index contributed by atoms with van der Waals surface area (Å²) < 4.78 is 27.3. The fourth-order valence-corrected chi connectivity index (χ4v) is 4.02. The fourth-order valence-electron chi connectivity index (χ4n) is 2.67. The van der Waals surface area contributed by atoms with Crippen LogP contribution >= 0.6 is 11.6 Å². The first-order valence-electron chi connectivity index (χ1n) is 7.63. The predicted molar refractivity (Wildman–Crippen MR) is 93.8 cm³/mol. The highest BCUT2D eigenvalue weighted by molar-refractivity contribution is 7.92. The van der Waals surface area contributed by atoms with Gasteiger partial charge in [-0.05, 0) is 49.2 Å². The maximum Gasteiger partial charge on any atom is 0.261 e. The topological polar surface area (TPSA) is 66.5 Å². The highest BCUT2D eigenvalue weighted by Gasteiger charge is 2.20. The van der Waals surface area contributed by atoms with Gasteiger partial charge in [-0.1, -0.05) is 23.7 Å². The van der Waals surface area contributed by atoms with Crippen LogP contribution in [0.25, 0.3) is 0 Å². The number of anilines is 1. The molecule has 1 heterocycles. The van der Waals surface area contributed by atoms with Crippen molar-refractivity contribution < 1.29 is 13.2 Å². The molecule has 1 N–H and O–H groups in total. The van der Waals surface area contributed by atoms with E-state index in [0.717, 1.165) is 25.9 Å². The molecule has 1 saturated heterocycles. The summed E-state index contributed by atoms with van der Waals surface area (Å²) in [6.45, 7) is 1.49. The maximum atomic E-state index is 12.4. The van der Waals surface area contributed by atoms with Crippen molar-refractivity contribution in [2.45, 2.75) is 17.7 Å². The molecule has 0 saturated carbocycles. The Kier molecular flexibility index (Phi) is 4.78. The van der Waals surface area contributed by atoms with Crippen molar-refractivity contribution >= 4 is 33.2 Å². The summed E-state index contributed by atoms with van der Waals surface area (Å²) >= 11 is 5.85. The second kappa shape index (κ2) is 6.83.